The standard InChI is InChI=1S/C18H17N5O3/c24-16(14-10-19-6-7-20-14)21-11-5-8-23-15(9-11)17(25)22-13-4-2-1-3-12(13)18(23)26/h1-4,6-7,10-11,15H,5,8-9H2,(H,21,24)(H,22,25). The average Bonchev–Trinajstić information content (AvgIpc) is 2.78. The number of hydrogen-bond donors (Lipinski definition) is 2. The van der Waals surface area contributed by atoms with Crippen LogP contribution < -0.4 is 10.6 Å². The van der Waals surface area contributed by atoms with Gasteiger partial charge in [0.15, 0.2) is 0 Å². The maximum absolute atomic E-state index is 12.8. The minimum atomic E-state index is -0.615. The number of para-hydroxylation sites is 1. The largest absolute Gasteiger partial charge is 0.348 e. The molecule has 1 saturated heterocycles. The van der Waals surface area contributed by atoms with E-state index in [1.807, 2.05) is 0 Å². The van der Waals surface area contributed by atoms with Crippen LogP contribution >= 0.6 is 0 Å². The molecule has 2 aromatic rings. The monoisotopic (exact) mass is 351 g/mol. The van der Waals surface area contributed by atoms with Crippen molar-refractivity contribution in [2.24, 2.45) is 0 Å². The Morgan fingerprint density at radius 2 is 2.08 bits per heavy atom. The molecule has 0 spiro atoms. The highest BCUT2D eigenvalue weighted by molar-refractivity contribution is 6.10. The fraction of sp³-hybridized carbons (Fsp3) is 0.278. The van der Waals surface area contributed by atoms with E-state index in [0.29, 0.717) is 30.6 Å². The first-order valence-corrected chi connectivity index (χ1v) is 8.41. The van der Waals surface area contributed by atoms with Crippen LogP contribution in [0.1, 0.15) is 33.7 Å². The summed E-state index contributed by atoms with van der Waals surface area (Å²) in [5.41, 5.74) is 1.24. The Hall–Kier alpha value is -3.29. The molecule has 1 aromatic carbocycles. The van der Waals surface area contributed by atoms with Gasteiger partial charge in [0.05, 0.1) is 17.4 Å². The van der Waals surface area contributed by atoms with E-state index < -0.39 is 6.04 Å². The van der Waals surface area contributed by atoms with Crippen LogP contribution in [0, 0.1) is 0 Å². The second kappa shape index (κ2) is 6.55. The number of carbonyl (C=O) groups is 3. The van der Waals surface area contributed by atoms with Crippen molar-refractivity contribution in [3.63, 3.8) is 0 Å². The predicted molar refractivity (Wildman–Crippen MR) is 92.4 cm³/mol. The molecule has 3 heterocycles. The highest BCUT2D eigenvalue weighted by Gasteiger charge is 2.40. The lowest BCUT2D eigenvalue weighted by molar-refractivity contribution is -0.121. The number of anilines is 1. The highest BCUT2D eigenvalue weighted by atomic mass is 16.2. The number of benzene rings is 1. The van der Waals surface area contributed by atoms with Gasteiger partial charge in [-0.3, -0.25) is 19.4 Å². The Labute approximate surface area is 149 Å². The molecule has 2 aliphatic rings. The van der Waals surface area contributed by atoms with Crippen LogP contribution in [0.5, 0.6) is 0 Å². The number of aromatic nitrogens is 2. The zero-order chi connectivity index (χ0) is 18.1. The lowest BCUT2D eigenvalue weighted by Crippen LogP contribution is -2.55. The molecule has 8 heteroatoms. The number of nitrogens with zero attached hydrogens (tertiary/aromatic N) is 3. The van der Waals surface area contributed by atoms with Crippen LogP contribution in [-0.4, -0.2) is 51.2 Å². The second-order valence-electron chi connectivity index (χ2n) is 6.33. The van der Waals surface area contributed by atoms with E-state index in [0.717, 1.165) is 0 Å². The minimum Gasteiger partial charge on any atom is -0.348 e. The van der Waals surface area contributed by atoms with Gasteiger partial charge >= 0.3 is 0 Å². The molecule has 0 bridgehead atoms. The van der Waals surface area contributed by atoms with Crippen molar-refractivity contribution in [2.45, 2.75) is 24.9 Å². The molecular weight excluding hydrogens is 334 g/mol. The van der Waals surface area contributed by atoms with Crippen LogP contribution in [0.15, 0.2) is 42.9 Å². The fourth-order valence-electron chi connectivity index (χ4n) is 3.41. The Bertz CT molecular complexity index is 870. The molecule has 0 aliphatic carbocycles. The summed E-state index contributed by atoms with van der Waals surface area (Å²) < 4.78 is 0. The first kappa shape index (κ1) is 16.2. The van der Waals surface area contributed by atoms with Crippen molar-refractivity contribution < 1.29 is 14.4 Å². The van der Waals surface area contributed by atoms with Crippen LogP contribution in [0.4, 0.5) is 5.69 Å². The molecule has 0 saturated carbocycles. The summed E-state index contributed by atoms with van der Waals surface area (Å²) in [6, 6.07) is 6.15. The SMILES string of the molecule is O=C(NC1CCN2C(=O)c3ccccc3NC(=O)C2C1)c1cnccn1. The van der Waals surface area contributed by atoms with Gasteiger partial charge in [0, 0.05) is 25.0 Å². The maximum atomic E-state index is 12.8. The Morgan fingerprint density at radius 3 is 2.88 bits per heavy atom. The van der Waals surface area contributed by atoms with Crippen molar-refractivity contribution in [3.05, 3.63) is 54.1 Å². The molecule has 1 fully saturated rings. The predicted octanol–water partition coefficient (Wildman–Crippen LogP) is 0.832. The number of amides is 3. The summed E-state index contributed by atoms with van der Waals surface area (Å²) in [5.74, 6) is -0.732. The number of nitrogens with one attached hydrogen (secondary N) is 2. The van der Waals surface area contributed by atoms with E-state index in [9.17, 15) is 14.4 Å². The molecule has 0 radical (unpaired) electrons. The molecule has 8 nitrogen and oxygen atoms in total. The highest BCUT2D eigenvalue weighted by Crippen LogP contribution is 2.28. The minimum absolute atomic E-state index is 0.164. The van der Waals surface area contributed by atoms with Gasteiger partial charge in [-0.1, -0.05) is 12.1 Å². The smallest absolute Gasteiger partial charge is 0.271 e. The van der Waals surface area contributed by atoms with Crippen molar-refractivity contribution >= 4 is 23.4 Å². The van der Waals surface area contributed by atoms with Gasteiger partial charge < -0.3 is 15.5 Å². The van der Waals surface area contributed by atoms with Crippen molar-refractivity contribution in [3.8, 4) is 0 Å². The van der Waals surface area contributed by atoms with E-state index in [4.69, 9.17) is 0 Å². The second-order valence-corrected chi connectivity index (χ2v) is 6.33. The van der Waals surface area contributed by atoms with Crippen molar-refractivity contribution in [2.75, 3.05) is 11.9 Å². The van der Waals surface area contributed by atoms with Gasteiger partial charge in [-0.2, -0.15) is 0 Å². The third-order valence-electron chi connectivity index (χ3n) is 4.71. The Kier molecular flexibility index (Phi) is 4.08. The first-order valence-electron chi connectivity index (χ1n) is 8.41. The molecule has 2 aliphatic heterocycles. The summed E-state index contributed by atoms with van der Waals surface area (Å²) in [6.45, 7) is 0.399. The molecule has 2 unspecified atom stereocenters. The summed E-state index contributed by atoms with van der Waals surface area (Å²) in [4.78, 5) is 47.1. The molecule has 1 aromatic heterocycles. The van der Waals surface area contributed by atoms with Gasteiger partial charge in [0.1, 0.15) is 11.7 Å². The van der Waals surface area contributed by atoms with Gasteiger partial charge in [-0.25, -0.2) is 4.98 Å². The Balaban J connectivity index is 1.51. The van der Waals surface area contributed by atoms with Crippen LogP contribution in [0.2, 0.25) is 0 Å². The lowest BCUT2D eigenvalue weighted by atomic mass is 9.96. The van der Waals surface area contributed by atoms with E-state index in [-0.39, 0.29) is 29.5 Å². The fourth-order valence-corrected chi connectivity index (χ4v) is 3.41. The first-order chi connectivity index (χ1) is 12.6. The molecule has 3 amide bonds. The number of carbonyl (C=O) groups excluding carboxylic acids is 3. The van der Waals surface area contributed by atoms with Crippen LogP contribution in [0.3, 0.4) is 0 Å². The van der Waals surface area contributed by atoms with E-state index >= 15 is 0 Å². The number of piperidine rings is 1. The molecular formula is C18H17N5O3. The van der Waals surface area contributed by atoms with E-state index in [2.05, 4.69) is 20.6 Å². The van der Waals surface area contributed by atoms with E-state index in [1.165, 1.54) is 18.6 Å². The third kappa shape index (κ3) is 2.90. The van der Waals surface area contributed by atoms with Crippen molar-refractivity contribution in [1.82, 2.24) is 20.2 Å². The quantitative estimate of drug-likeness (QED) is 0.834. The molecule has 132 valence electrons. The topological polar surface area (TPSA) is 104 Å². The van der Waals surface area contributed by atoms with Gasteiger partial charge in [0.2, 0.25) is 5.91 Å². The molecule has 4 rings (SSSR count). The van der Waals surface area contributed by atoms with Gasteiger partial charge in [-0.05, 0) is 25.0 Å². The maximum Gasteiger partial charge on any atom is 0.271 e. The zero-order valence-corrected chi connectivity index (χ0v) is 13.9. The van der Waals surface area contributed by atoms with Crippen LogP contribution in [0.25, 0.3) is 0 Å². The lowest BCUT2D eigenvalue weighted by Gasteiger charge is -2.37. The van der Waals surface area contributed by atoms with Gasteiger partial charge in [-0.15, -0.1) is 0 Å². The normalized spacial score (nSPS) is 21.9. The molecule has 26 heavy (non-hydrogen) atoms. The summed E-state index contributed by atoms with van der Waals surface area (Å²) in [7, 11) is 0. The van der Waals surface area contributed by atoms with E-state index in [1.54, 1.807) is 29.2 Å². The molecule has 2 atom stereocenters. The third-order valence-corrected chi connectivity index (χ3v) is 4.71. The Morgan fingerprint density at radius 1 is 1.23 bits per heavy atom. The average molecular weight is 351 g/mol. The van der Waals surface area contributed by atoms with Gasteiger partial charge in [0.25, 0.3) is 11.8 Å². The van der Waals surface area contributed by atoms with Crippen molar-refractivity contribution in [1.29, 1.82) is 0 Å². The molecule has 2 N–H and O–H groups in total. The number of rotatable bonds is 2. The number of hydrogen-bond acceptors (Lipinski definition) is 5. The summed E-state index contributed by atoms with van der Waals surface area (Å²) >= 11 is 0. The van der Waals surface area contributed by atoms with Crippen LogP contribution in [-0.2, 0) is 4.79 Å². The summed E-state index contributed by atoms with van der Waals surface area (Å²) in [6.07, 6.45) is 5.27. The zero-order valence-electron chi connectivity index (χ0n) is 13.9. The number of fused-ring (bicyclic) bond motifs is 2. The summed E-state index contributed by atoms with van der Waals surface area (Å²) in [5, 5.41) is 5.71.